The molecule has 0 aromatic carbocycles. The Morgan fingerprint density at radius 3 is 2.88 bits per heavy atom. The molecule has 0 N–H and O–H groups in total. The van der Waals surface area contributed by atoms with Gasteiger partial charge >= 0.3 is 0 Å². The molecule has 3 rings (SSSR count). The van der Waals surface area contributed by atoms with Crippen LogP contribution in [0.5, 0.6) is 0 Å². The van der Waals surface area contributed by atoms with Gasteiger partial charge in [-0.15, -0.1) is 0 Å². The summed E-state index contributed by atoms with van der Waals surface area (Å²) in [4.78, 5) is 9.39. The van der Waals surface area contributed by atoms with E-state index in [1.165, 1.54) is 11.5 Å². The van der Waals surface area contributed by atoms with Crippen LogP contribution in [0, 0.1) is 6.92 Å². The van der Waals surface area contributed by atoms with Gasteiger partial charge in [-0.25, -0.2) is 4.99 Å². The lowest BCUT2D eigenvalue weighted by molar-refractivity contribution is 1.08. The van der Waals surface area contributed by atoms with E-state index >= 15 is 0 Å². The Kier molecular flexibility index (Phi) is 2.45. The van der Waals surface area contributed by atoms with Crippen molar-refractivity contribution in [1.82, 2.24) is 13.8 Å². The van der Waals surface area contributed by atoms with Gasteiger partial charge in [0.05, 0.1) is 5.69 Å². The number of nitrogens with zero attached hydrogens (tertiary/aromatic N) is 4. The van der Waals surface area contributed by atoms with E-state index < -0.39 is 0 Å². The van der Waals surface area contributed by atoms with Gasteiger partial charge in [-0.1, -0.05) is 6.07 Å². The summed E-state index contributed by atoms with van der Waals surface area (Å²) < 4.78 is 6.41. The van der Waals surface area contributed by atoms with Gasteiger partial charge in [-0.05, 0) is 30.7 Å². The normalized spacial score (nSPS) is 12.2. The fourth-order valence-corrected chi connectivity index (χ4v) is 2.39. The molecule has 0 saturated heterocycles. The van der Waals surface area contributed by atoms with Crippen LogP contribution in [0.25, 0.3) is 5.65 Å². The molecule has 3 aromatic heterocycles. The highest BCUT2D eigenvalue weighted by Gasteiger charge is 2.00. The number of pyridine rings is 2. The van der Waals surface area contributed by atoms with Crippen molar-refractivity contribution in [2.45, 2.75) is 6.92 Å². The smallest absolute Gasteiger partial charge is 0.213 e. The summed E-state index contributed by atoms with van der Waals surface area (Å²) >= 11 is 1.40. The Labute approximate surface area is 102 Å². The first-order chi connectivity index (χ1) is 8.34. The zero-order valence-corrected chi connectivity index (χ0v) is 10.1. The lowest BCUT2D eigenvalue weighted by Crippen LogP contribution is -2.05. The first-order valence-electron chi connectivity index (χ1n) is 5.23. The minimum atomic E-state index is 0.870. The van der Waals surface area contributed by atoms with Gasteiger partial charge in [0.15, 0.2) is 5.65 Å². The molecule has 84 valence electrons. The lowest BCUT2D eigenvalue weighted by atomic mass is 10.3. The third kappa shape index (κ3) is 1.85. The summed E-state index contributed by atoms with van der Waals surface area (Å²) in [6, 6.07) is 7.80. The van der Waals surface area contributed by atoms with Crippen molar-refractivity contribution in [2.24, 2.45) is 4.99 Å². The second-order valence-corrected chi connectivity index (χ2v) is 4.40. The number of fused-ring (bicyclic) bond motifs is 1. The topological polar surface area (TPSA) is 42.5 Å². The maximum Gasteiger partial charge on any atom is 0.213 e. The van der Waals surface area contributed by atoms with Crippen molar-refractivity contribution >= 4 is 22.9 Å². The van der Waals surface area contributed by atoms with Gasteiger partial charge in [-0.2, -0.15) is 4.37 Å². The second-order valence-electron chi connectivity index (χ2n) is 3.67. The van der Waals surface area contributed by atoms with Crippen molar-refractivity contribution < 1.29 is 0 Å². The van der Waals surface area contributed by atoms with Gasteiger partial charge in [0.25, 0.3) is 0 Å². The van der Waals surface area contributed by atoms with E-state index in [0.29, 0.717) is 0 Å². The monoisotopic (exact) mass is 242 g/mol. The molecule has 0 saturated carbocycles. The quantitative estimate of drug-likeness (QED) is 0.657. The van der Waals surface area contributed by atoms with E-state index in [1.54, 1.807) is 12.4 Å². The molecular weight excluding hydrogens is 232 g/mol. The van der Waals surface area contributed by atoms with Gasteiger partial charge in [0, 0.05) is 30.1 Å². The van der Waals surface area contributed by atoms with Crippen molar-refractivity contribution in [2.75, 3.05) is 0 Å². The van der Waals surface area contributed by atoms with Crippen LogP contribution in [-0.4, -0.2) is 13.8 Å². The fraction of sp³-hybridized carbons (Fsp3) is 0.0833. The minimum Gasteiger partial charge on any atom is -0.275 e. The summed E-state index contributed by atoms with van der Waals surface area (Å²) in [7, 11) is 0. The zero-order valence-electron chi connectivity index (χ0n) is 9.24. The van der Waals surface area contributed by atoms with Crippen LogP contribution in [-0.2, 0) is 0 Å². The number of rotatable bonds is 1. The molecule has 0 aliphatic carbocycles. The molecule has 0 aliphatic rings. The van der Waals surface area contributed by atoms with Gasteiger partial charge < -0.3 is 0 Å². The molecular formula is C12H10N4S. The molecule has 0 radical (unpaired) electrons. The molecule has 4 nitrogen and oxygen atoms in total. The Bertz CT molecular complexity index is 712. The number of aromatic nitrogens is 3. The fourth-order valence-electron chi connectivity index (χ4n) is 1.61. The average molecular weight is 242 g/mol. The molecule has 0 spiro atoms. The van der Waals surface area contributed by atoms with E-state index in [4.69, 9.17) is 0 Å². The second kappa shape index (κ2) is 4.10. The van der Waals surface area contributed by atoms with Crippen LogP contribution in [0.15, 0.2) is 47.8 Å². The molecule has 5 heteroatoms. The first kappa shape index (κ1) is 10.2. The highest BCUT2D eigenvalue weighted by Crippen LogP contribution is 2.09. The molecule has 3 aromatic rings. The van der Waals surface area contributed by atoms with Crippen LogP contribution in [0.4, 0.5) is 5.69 Å². The summed E-state index contributed by atoms with van der Waals surface area (Å²) in [6.45, 7) is 2.05. The van der Waals surface area contributed by atoms with Gasteiger partial charge in [-0.3, -0.25) is 9.38 Å². The van der Waals surface area contributed by atoms with Crippen LogP contribution in [0.1, 0.15) is 5.56 Å². The predicted molar refractivity (Wildman–Crippen MR) is 67.3 cm³/mol. The SMILES string of the molecule is Cc1cccn2c(=Nc3ccncc3)snc12. The van der Waals surface area contributed by atoms with Crippen LogP contribution in [0.2, 0.25) is 0 Å². The first-order valence-corrected chi connectivity index (χ1v) is 6.00. The molecule has 0 unspecified atom stereocenters. The highest BCUT2D eigenvalue weighted by molar-refractivity contribution is 7.03. The largest absolute Gasteiger partial charge is 0.275 e. The van der Waals surface area contributed by atoms with E-state index in [0.717, 1.165) is 21.7 Å². The molecule has 0 atom stereocenters. The third-order valence-electron chi connectivity index (χ3n) is 2.47. The van der Waals surface area contributed by atoms with Crippen LogP contribution >= 0.6 is 11.5 Å². The van der Waals surface area contributed by atoms with Gasteiger partial charge in [0.2, 0.25) is 4.80 Å². The van der Waals surface area contributed by atoms with E-state index in [9.17, 15) is 0 Å². The van der Waals surface area contributed by atoms with E-state index in [1.807, 2.05) is 41.8 Å². The Hall–Kier alpha value is -2.01. The van der Waals surface area contributed by atoms with E-state index in [-0.39, 0.29) is 0 Å². The van der Waals surface area contributed by atoms with E-state index in [2.05, 4.69) is 14.3 Å². The minimum absolute atomic E-state index is 0.870. The Morgan fingerprint density at radius 1 is 1.24 bits per heavy atom. The summed E-state index contributed by atoms with van der Waals surface area (Å²) in [6.07, 6.45) is 5.45. The van der Waals surface area contributed by atoms with Gasteiger partial charge in [0.1, 0.15) is 0 Å². The zero-order chi connectivity index (χ0) is 11.7. The number of hydrogen-bond donors (Lipinski definition) is 0. The molecule has 0 bridgehead atoms. The molecule has 0 amide bonds. The molecule has 0 fully saturated rings. The molecule has 0 aliphatic heterocycles. The molecule has 3 heterocycles. The lowest BCUT2D eigenvalue weighted by Gasteiger charge is -1.95. The Morgan fingerprint density at radius 2 is 2.06 bits per heavy atom. The maximum absolute atomic E-state index is 4.55. The standard InChI is InChI=1S/C12H10N4S/c1-9-3-2-8-16-11(9)15-17-12(16)14-10-4-6-13-7-5-10/h2-8H,1H3. The number of hydrogen-bond acceptors (Lipinski definition) is 4. The summed E-state index contributed by atoms with van der Waals surface area (Å²) in [5, 5.41) is 0. The van der Waals surface area contributed by atoms with Crippen LogP contribution in [0.3, 0.4) is 0 Å². The van der Waals surface area contributed by atoms with Crippen molar-refractivity contribution in [3.63, 3.8) is 0 Å². The maximum atomic E-state index is 4.55. The number of aryl methyl sites for hydroxylation is 1. The average Bonchev–Trinajstić information content (AvgIpc) is 2.76. The Balaban J connectivity index is 2.26. The summed E-state index contributed by atoms with van der Waals surface area (Å²) in [5.74, 6) is 0. The van der Waals surface area contributed by atoms with Crippen molar-refractivity contribution in [3.8, 4) is 0 Å². The van der Waals surface area contributed by atoms with Crippen molar-refractivity contribution in [1.29, 1.82) is 0 Å². The predicted octanol–water partition coefficient (Wildman–Crippen LogP) is 2.33. The van der Waals surface area contributed by atoms with Crippen molar-refractivity contribution in [3.05, 3.63) is 53.2 Å². The van der Waals surface area contributed by atoms with Crippen LogP contribution < -0.4 is 4.80 Å². The third-order valence-corrected chi connectivity index (χ3v) is 3.19. The molecule has 17 heavy (non-hydrogen) atoms. The highest BCUT2D eigenvalue weighted by atomic mass is 32.1. The summed E-state index contributed by atoms with van der Waals surface area (Å²) in [5.41, 5.74) is 3.00.